The summed E-state index contributed by atoms with van der Waals surface area (Å²) in [5.74, 6) is 0.0882. The van der Waals surface area contributed by atoms with Gasteiger partial charge in [0.2, 0.25) is 0 Å². The summed E-state index contributed by atoms with van der Waals surface area (Å²) in [5.41, 5.74) is -0.952. The third-order valence-corrected chi connectivity index (χ3v) is 5.55. The Balaban J connectivity index is 2.22. The Morgan fingerprint density at radius 2 is 2.04 bits per heavy atom. The fraction of sp³-hybridized carbons (Fsp3) is 0.889. The highest BCUT2D eigenvalue weighted by atomic mass is 19.1. The molecule has 23 heavy (non-hydrogen) atoms. The number of carbonyl (C=O) groups excluding carboxylic acids is 1. The molecule has 3 rings (SSSR count). The molecule has 132 valence electrons. The molecule has 0 radical (unpaired) electrons. The lowest BCUT2D eigenvalue weighted by atomic mass is 9.44. The number of ether oxygens (including phenoxy) is 1. The second kappa shape index (κ2) is 5.83. The van der Waals surface area contributed by atoms with Gasteiger partial charge in [-0.15, -0.1) is 0 Å². The first-order valence-electron chi connectivity index (χ1n) is 8.48. The van der Waals surface area contributed by atoms with Crippen LogP contribution in [0, 0.1) is 17.3 Å². The third kappa shape index (κ3) is 3.44. The van der Waals surface area contributed by atoms with Crippen LogP contribution in [0.1, 0.15) is 60.8 Å². The number of esters is 1. The van der Waals surface area contributed by atoms with Gasteiger partial charge in [-0.25, -0.2) is 4.79 Å². The summed E-state index contributed by atoms with van der Waals surface area (Å²) >= 11 is 0. The number of rotatable bonds is 4. The van der Waals surface area contributed by atoms with Crippen LogP contribution in [0.15, 0.2) is 4.99 Å². The van der Waals surface area contributed by atoms with Crippen LogP contribution in [0.2, 0.25) is 0 Å². The second-order valence-corrected chi connectivity index (χ2v) is 8.76. The SMILES string of the molecule is CC(C)(C)OC(=O)[C@H](CCF)N=C1C[C@H]2C[C@H](C2(C)C)[C@@]1(C)O. The monoisotopic (exact) mass is 327 g/mol. The molecule has 0 aliphatic heterocycles. The highest BCUT2D eigenvalue weighted by molar-refractivity contribution is 5.96. The van der Waals surface area contributed by atoms with Gasteiger partial charge in [0.15, 0.2) is 0 Å². The summed E-state index contributed by atoms with van der Waals surface area (Å²) < 4.78 is 18.2. The molecule has 0 unspecified atom stereocenters. The Labute approximate surface area is 138 Å². The number of aliphatic imine (C=N–C) groups is 1. The molecule has 3 aliphatic rings. The number of carbonyl (C=O) groups is 1. The average Bonchev–Trinajstić information content (AvgIpc) is 2.36. The van der Waals surface area contributed by atoms with E-state index in [9.17, 15) is 14.3 Å². The van der Waals surface area contributed by atoms with Crippen molar-refractivity contribution in [3.63, 3.8) is 0 Å². The molecule has 0 heterocycles. The maximum Gasteiger partial charge on any atom is 0.331 e. The van der Waals surface area contributed by atoms with Gasteiger partial charge in [-0.1, -0.05) is 13.8 Å². The van der Waals surface area contributed by atoms with Gasteiger partial charge >= 0.3 is 5.97 Å². The van der Waals surface area contributed by atoms with Gasteiger partial charge in [-0.2, -0.15) is 0 Å². The van der Waals surface area contributed by atoms with Crippen molar-refractivity contribution in [2.24, 2.45) is 22.2 Å². The van der Waals surface area contributed by atoms with E-state index in [2.05, 4.69) is 18.8 Å². The summed E-state index contributed by atoms with van der Waals surface area (Å²) in [4.78, 5) is 16.7. The minimum Gasteiger partial charge on any atom is -0.458 e. The Morgan fingerprint density at radius 3 is 2.48 bits per heavy atom. The summed E-state index contributed by atoms with van der Waals surface area (Å²) in [6.07, 6.45) is 1.65. The van der Waals surface area contributed by atoms with Crippen molar-refractivity contribution in [1.82, 2.24) is 0 Å². The quantitative estimate of drug-likeness (QED) is 0.806. The van der Waals surface area contributed by atoms with Crippen LogP contribution in [-0.4, -0.2) is 40.7 Å². The summed E-state index contributed by atoms with van der Waals surface area (Å²) in [5, 5.41) is 10.9. The molecule has 0 saturated heterocycles. The Kier molecular flexibility index (Phi) is 4.66. The van der Waals surface area contributed by atoms with E-state index < -0.39 is 29.9 Å². The van der Waals surface area contributed by atoms with Crippen LogP contribution in [0.25, 0.3) is 0 Å². The Morgan fingerprint density at radius 1 is 1.43 bits per heavy atom. The van der Waals surface area contributed by atoms with E-state index in [-0.39, 0.29) is 17.8 Å². The van der Waals surface area contributed by atoms with Crippen molar-refractivity contribution in [1.29, 1.82) is 0 Å². The lowest BCUT2D eigenvalue weighted by Gasteiger charge is -2.62. The number of fused-ring (bicyclic) bond motifs is 2. The van der Waals surface area contributed by atoms with E-state index >= 15 is 0 Å². The van der Waals surface area contributed by atoms with Gasteiger partial charge in [0.1, 0.15) is 17.2 Å². The molecule has 1 N–H and O–H groups in total. The molecular weight excluding hydrogens is 297 g/mol. The largest absolute Gasteiger partial charge is 0.458 e. The lowest BCUT2D eigenvalue weighted by Crippen LogP contribution is -2.65. The molecule has 3 aliphatic carbocycles. The van der Waals surface area contributed by atoms with Gasteiger partial charge in [-0.3, -0.25) is 9.38 Å². The predicted molar refractivity (Wildman–Crippen MR) is 88.3 cm³/mol. The molecule has 0 aromatic heterocycles. The van der Waals surface area contributed by atoms with Crippen molar-refractivity contribution in [3.8, 4) is 0 Å². The van der Waals surface area contributed by atoms with E-state index in [0.717, 1.165) is 6.42 Å². The zero-order valence-electron chi connectivity index (χ0n) is 15.1. The van der Waals surface area contributed by atoms with Crippen molar-refractivity contribution < 1.29 is 19.0 Å². The van der Waals surface area contributed by atoms with Gasteiger partial charge in [-0.05, 0) is 57.8 Å². The Bertz CT molecular complexity index is 505. The molecule has 4 atom stereocenters. The minimum atomic E-state index is -1.03. The highest BCUT2D eigenvalue weighted by Gasteiger charge is 2.61. The van der Waals surface area contributed by atoms with Crippen LogP contribution in [0.3, 0.4) is 0 Å². The number of halogens is 1. The van der Waals surface area contributed by atoms with Crippen molar-refractivity contribution in [3.05, 3.63) is 0 Å². The molecule has 0 aromatic carbocycles. The van der Waals surface area contributed by atoms with E-state index in [1.807, 2.05) is 0 Å². The van der Waals surface area contributed by atoms with Gasteiger partial charge in [0.25, 0.3) is 0 Å². The number of hydrogen-bond donors (Lipinski definition) is 1. The molecule has 0 spiro atoms. The average molecular weight is 327 g/mol. The highest BCUT2D eigenvalue weighted by Crippen LogP contribution is 2.61. The van der Waals surface area contributed by atoms with Crippen molar-refractivity contribution in [2.45, 2.75) is 78.0 Å². The van der Waals surface area contributed by atoms with E-state index in [1.54, 1.807) is 27.7 Å². The van der Waals surface area contributed by atoms with Crippen LogP contribution in [-0.2, 0) is 9.53 Å². The van der Waals surface area contributed by atoms with Crippen molar-refractivity contribution >= 4 is 11.7 Å². The van der Waals surface area contributed by atoms with E-state index in [1.165, 1.54) is 0 Å². The van der Waals surface area contributed by atoms with Crippen molar-refractivity contribution in [2.75, 3.05) is 6.67 Å². The van der Waals surface area contributed by atoms with Crippen LogP contribution in [0.5, 0.6) is 0 Å². The normalized spacial score (nSPS) is 35.6. The van der Waals surface area contributed by atoms with Gasteiger partial charge in [0, 0.05) is 12.1 Å². The fourth-order valence-electron chi connectivity index (χ4n) is 4.04. The molecule has 5 heteroatoms. The predicted octanol–water partition coefficient (Wildman–Crippen LogP) is 3.31. The number of aliphatic hydroxyl groups is 1. The molecule has 3 fully saturated rings. The summed E-state index contributed by atoms with van der Waals surface area (Å²) in [6, 6.07) is -0.874. The van der Waals surface area contributed by atoms with E-state index in [0.29, 0.717) is 18.1 Å². The summed E-state index contributed by atoms with van der Waals surface area (Å²) in [7, 11) is 0. The molecule has 3 saturated carbocycles. The summed E-state index contributed by atoms with van der Waals surface area (Å²) in [6.45, 7) is 10.8. The standard InChI is InChI=1S/C18H30FNO3/c1-16(2,3)23-15(21)12(7-8-19)20-14-10-11-9-13(17(11,4)5)18(14,6)22/h11-13,22H,7-10H2,1-6H3/t11-,12+,13-,18-/m1/s1. The first kappa shape index (κ1) is 18.4. The molecular formula is C18H30FNO3. The maximum atomic E-state index is 12.9. The molecule has 0 aromatic rings. The fourth-order valence-corrected chi connectivity index (χ4v) is 4.04. The van der Waals surface area contributed by atoms with Gasteiger partial charge < -0.3 is 9.84 Å². The van der Waals surface area contributed by atoms with Gasteiger partial charge in [0.05, 0.1) is 6.67 Å². The first-order chi connectivity index (χ1) is 10.4. The van der Waals surface area contributed by atoms with E-state index in [4.69, 9.17) is 4.74 Å². The van der Waals surface area contributed by atoms with Crippen LogP contribution >= 0.6 is 0 Å². The smallest absolute Gasteiger partial charge is 0.331 e. The topological polar surface area (TPSA) is 58.9 Å². The third-order valence-electron chi connectivity index (χ3n) is 5.55. The maximum absolute atomic E-state index is 12.9. The number of alkyl halides is 1. The van der Waals surface area contributed by atoms with Crippen LogP contribution in [0.4, 0.5) is 4.39 Å². The zero-order valence-corrected chi connectivity index (χ0v) is 15.1. The number of nitrogens with zero attached hydrogens (tertiary/aromatic N) is 1. The molecule has 0 amide bonds. The second-order valence-electron chi connectivity index (χ2n) is 8.76. The van der Waals surface area contributed by atoms with Crippen LogP contribution < -0.4 is 0 Å². The molecule has 2 bridgehead atoms. The first-order valence-corrected chi connectivity index (χ1v) is 8.48. The zero-order chi connectivity index (χ0) is 17.6. The molecule has 4 nitrogen and oxygen atoms in total. The lowest BCUT2D eigenvalue weighted by molar-refractivity contribution is -0.156. The number of hydrogen-bond acceptors (Lipinski definition) is 4. The minimum absolute atomic E-state index is 0.00673. The Hall–Kier alpha value is -0.970.